The topological polar surface area (TPSA) is 85.2 Å². The number of hydrogen-bond acceptors (Lipinski definition) is 6. The minimum absolute atomic E-state index is 0.0757. The Balaban J connectivity index is 1.75. The number of para-hydroxylation sites is 3. The van der Waals surface area contributed by atoms with Crippen LogP contribution >= 0.6 is 0 Å². The predicted octanol–water partition coefficient (Wildman–Crippen LogP) is 2.57. The second kappa shape index (κ2) is 7.94. The molecule has 0 unspecified atom stereocenters. The van der Waals surface area contributed by atoms with Crippen LogP contribution in [0, 0.1) is 10.1 Å². The molecule has 0 bridgehead atoms. The molecule has 0 atom stereocenters. The molecule has 142 valence electrons. The van der Waals surface area contributed by atoms with E-state index in [4.69, 9.17) is 9.47 Å². The monoisotopic (exact) mass is 371 g/mol. The van der Waals surface area contributed by atoms with Crippen molar-refractivity contribution in [1.82, 2.24) is 4.90 Å². The van der Waals surface area contributed by atoms with Crippen molar-refractivity contribution in [2.45, 2.75) is 0 Å². The molecule has 2 aromatic carbocycles. The standard InChI is InChI=1S/C19H21N3O5/c1-26-17-9-5-6-14(18(17)27-2)19(23)21-12-10-20(11-13-21)15-7-3-4-8-16(15)22(24)25/h3-9H,10-13H2,1-2H3. The van der Waals surface area contributed by atoms with Crippen molar-refractivity contribution in [2.75, 3.05) is 45.3 Å². The second-order valence-electron chi connectivity index (χ2n) is 6.07. The molecule has 2 aromatic rings. The lowest BCUT2D eigenvalue weighted by atomic mass is 10.1. The van der Waals surface area contributed by atoms with Crippen LogP contribution in [0.4, 0.5) is 11.4 Å². The van der Waals surface area contributed by atoms with Crippen molar-refractivity contribution in [3.63, 3.8) is 0 Å². The number of benzene rings is 2. The lowest BCUT2D eigenvalue weighted by Crippen LogP contribution is -2.49. The fraction of sp³-hybridized carbons (Fsp3) is 0.316. The Morgan fingerprint density at radius 3 is 2.33 bits per heavy atom. The van der Waals surface area contributed by atoms with E-state index in [1.54, 1.807) is 41.3 Å². The Bertz CT molecular complexity index is 847. The Labute approximate surface area is 157 Å². The minimum atomic E-state index is -0.381. The molecule has 0 radical (unpaired) electrons. The Kier molecular flexibility index (Phi) is 5.44. The maximum Gasteiger partial charge on any atom is 0.292 e. The number of nitrogens with zero attached hydrogens (tertiary/aromatic N) is 3. The average Bonchev–Trinajstić information content (AvgIpc) is 2.72. The molecule has 8 heteroatoms. The van der Waals surface area contributed by atoms with Gasteiger partial charge in [0.1, 0.15) is 5.69 Å². The summed E-state index contributed by atoms with van der Waals surface area (Å²) in [5, 5.41) is 11.2. The summed E-state index contributed by atoms with van der Waals surface area (Å²) in [6.07, 6.45) is 0. The Morgan fingerprint density at radius 1 is 1.00 bits per heavy atom. The molecule has 1 amide bonds. The molecule has 1 heterocycles. The molecule has 0 N–H and O–H groups in total. The quantitative estimate of drug-likeness (QED) is 0.593. The summed E-state index contributed by atoms with van der Waals surface area (Å²) in [5.41, 5.74) is 1.09. The molecule has 8 nitrogen and oxygen atoms in total. The predicted molar refractivity (Wildman–Crippen MR) is 101 cm³/mol. The van der Waals surface area contributed by atoms with Gasteiger partial charge in [0.15, 0.2) is 11.5 Å². The first-order chi connectivity index (χ1) is 13.1. The van der Waals surface area contributed by atoms with Gasteiger partial charge < -0.3 is 19.3 Å². The second-order valence-corrected chi connectivity index (χ2v) is 6.07. The maximum absolute atomic E-state index is 12.9. The zero-order chi connectivity index (χ0) is 19.4. The van der Waals surface area contributed by atoms with Gasteiger partial charge in [0.2, 0.25) is 0 Å². The zero-order valence-electron chi connectivity index (χ0n) is 15.3. The van der Waals surface area contributed by atoms with Crippen molar-refractivity contribution < 1.29 is 19.2 Å². The third-order valence-corrected chi connectivity index (χ3v) is 4.62. The van der Waals surface area contributed by atoms with Gasteiger partial charge in [0, 0.05) is 32.2 Å². The number of carbonyl (C=O) groups excluding carboxylic acids is 1. The SMILES string of the molecule is COc1cccc(C(=O)N2CCN(c3ccccc3[N+](=O)[O-])CC2)c1OC. The zero-order valence-corrected chi connectivity index (χ0v) is 15.3. The molecular formula is C19H21N3O5. The van der Waals surface area contributed by atoms with Crippen LogP contribution in [0.2, 0.25) is 0 Å². The summed E-state index contributed by atoms with van der Waals surface area (Å²) < 4.78 is 10.6. The molecule has 0 saturated carbocycles. The molecule has 27 heavy (non-hydrogen) atoms. The highest BCUT2D eigenvalue weighted by atomic mass is 16.6. The van der Waals surface area contributed by atoms with Crippen LogP contribution in [0.3, 0.4) is 0 Å². The molecule has 1 aliphatic heterocycles. The van der Waals surface area contributed by atoms with Crippen LogP contribution in [0.15, 0.2) is 42.5 Å². The third kappa shape index (κ3) is 3.64. The highest BCUT2D eigenvalue weighted by molar-refractivity contribution is 5.98. The lowest BCUT2D eigenvalue weighted by Gasteiger charge is -2.36. The molecule has 0 aliphatic carbocycles. The average molecular weight is 371 g/mol. The number of hydrogen-bond donors (Lipinski definition) is 0. The van der Waals surface area contributed by atoms with Gasteiger partial charge in [-0.25, -0.2) is 0 Å². The van der Waals surface area contributed by atoms with Gasteiger partial charge in [0.25, 0.3) is 11.6 Å². The number of anilines is 1. The van der Waals surface area contributed by atoms with E-state index >= 15 is 0 Å². The van der Waals surface area contributed by atoms with Crippen molar-refractivity contribution >= 4 is 17.3 Å². The van der Waals surface area contributed by atoms with E-state index in [0.717, 1.165) is 0 Å². The normalized spacial score (nSPS) is 14.0. The number of ether oxygens (including phenoxy) is 2. The van der Waals surface area contributed by atoms with E-state index in [1.165, 1.54) is 20.3 Å². The number of rotatable bonds is 5. The fourth-order valence-corrected chi connectivity index (χ4v) is 3.26. The smallest absolute Gasteiger partial charge is 0.292 e. The first-order valence-electron chi connectivity index (χ1n) is 8.55. The van der Waals surface area contributed by atoms with Crippen LogP contribution in [0.5, 0.6) is 11.5 Å². The van der Waals surface area contributed by atoms with E-state index in [2.05, 4.69) is 0 Å². The third-order valence-electron chi connectivity index (χ3n) is 4.62. The molecule has 0 aromatic heterocycles. The summed E-state index contributed by atoms with van der Waals surface area (Å²) in [6, 6.07) is 11.9. The van der Waals surface area contributed by atoms with Crippen molar-refractivity contribution in [1.29, 1.82) is 0 Å². The molecule has 1 aliphatic rings. The number of nitro groups is 1. The summed E-state index contributed by atoms with van der Waals surface area (Å²) >= 11 is 0. The number of methoxy groups -OCH3 is 2. The summed E-state index contributed by atoms with van der Waals surface area (Å²) in [4.78, 5) is 27.5. The van der Waals surface area contributed by atoms with Crippen LogP contribution in [0.1, 0.15) is 10.4 Å². The first-order valence-corrected chi connectivity index (χ1v) is 8.55. The van der Waals surface area contributed by atoms with Gasteiger partial charge in [-0.1, -0.05) is 18.2 Å². The highest BCUT2D eigenvalue weighted by Crippen LogP contribution is 2.32. The van der Waals surface area contributed by atoms with E-state index < -0.39 is 0 Å². The van der Waals surface area contributed by atoms with Gasteiger partial charge in [-0.2, -0.15) is 0 Å². The molecule has 0 spiro atoms. The van der Waals surface area contributed by atoms with Crippen LogP contribution in [-0.4, -0.2) is 56.1 Å². The van der Waals surface area contributed by atoms with E-state index in [1.807, 2.05) is 4.90 Å². The van der Waals surface area contributed by atoms with Crippen LogP contribution in [0.25, 0.3) is 0 Å². The van der Waals surface area contributed by atoms with Gasteiger partial charge in [-0.05, 0) is 18.2 Å². The number of piperazine rings is 1. The van der Waals surface area contributed by atoms with E-state index in [-0.39, 0.29) is 16.5 Å². The number of nitro benzene ring substituents is 1. The van der Waals surface area contributed by atoms with Crippen LogP contribution < -0.4 is 14.4 Å². The van der Waals surface area contributed by atoms with Gasteiger partial charge in [-0.3, -0.25) is 14.9 Å². The van der Waals surface area contributed by atoms with Crippen LogP contribution in [-0.2, 0) is 0 Å². The fourth-order valence-electron chi connectivity index (χ4n) is 3.26. The lowest BCUT2D eigenvalue weighted by molar-refractivity contribution is -0.384. The van der Waals surface area contributed by atoms with Crippen molar-refractivity contribution in [3.05, 3.63) is 58.1 Å². The van der Waals surface area contributed by atoms with Crippen molar-refractivity contribution in [2.24, 2.45) is 0 Å². The summed E-state index contributed by atoms with van der Waals surface area (Å²) in [7, 11) is 3.03. The Morgan fingerprint density at radius 2 is 1.70 bits per heavy atom. The Hall–Kier alpha value is -3.29. The molecule has 1 fully saturated rings. The summed E-state index contributed by atoms with van der Waals surface area (Å²) in [5.74, 6) is 0.765. The van der Waals surface area contributed by atoms with E-state index in [9.17, 15) is 14.9 Å². The number of amides is 1. The molecule has 3 rings (SSSR count). The minimum Gasteiger partial charge on any atom is -0.493 e. The highest BCUT2D eigenvalue weighted by Gasteiger charge is 2.28. The van der Waals surface area contributed by atoms with E-state index in [0.29, 0.717) is 48.9 Å². The molecule has 1 saturated heterocycles. The van der Waals surface area contributed by atoms with Crippen molar-refractivity contribution in [3.8, 4) is 11.5 Å². The first kappa shape index (κ1) is 18.5. The largest absolute Gasteiger partial charge is 0.493 e. The number of carbonyl (C=O) groups is 1. The molecular weight excluding hydrogens is 350 g/mol. The van der Waals surface area contributed by atoms with Gasteiger partial charge in [0.05, 0.1) is 24.7 Å². The van der Waals surface area contributed by atoms with Gasteiger partial charge in [-0.15, -0.1) is 0 Å². The van der Waals surface area contributed by atoms with Gasteiger partial charge >= 0.3 is 0 Å². The maximum atomic E-state index is 12.9. The summed E-state index contributed by atoms with van der Waals surface area (Å²) in [6.45, 7) is 1.96.